The van der Waals surface area contributed by atoms with Gasteiger partial charge in [0.15, 0.2) is 0 Å². The molecule has 0 saturated heterocycles. The van der Waals surface area contributed by atoms with Gasteiger partial charge in [0.05, 0.1) is 19.4 Å². The van der Waals surface area contributed by atoms with E-state index in [1.807, 2.05) is 38.1 Å². The zero-order valence-corrected chi connectivity index (χ0v) is 16.1. The minimum absolute atomic E-state index is 0.325. The number of hydrazone groups is 1. The number of nitrogens with zero attached hydrogens (tertiary/aromatic N) is 1. The molecule has 2 aromatic carbocycles. The highest BCUT2D eigenvalue weighted by Gasteiger charge is 2.09. The van der Waals surface area contributed by atoms with Crippen molar-refractivity contribution in [2.24, 2.45) is 5.10 Å². The van der Waals surface area contributed by atoms with Crippen LogP contribution < -0.4 is 20.2 Å². The van der Waals surface area contributed by atoms with Crippen LogP contribution in [0.5, 0.6) is 11.5 Å². The number of nitrogens with one attached hydrogen (secondary N) is 2. The van der Waals surface area contributed by atoms with Crippen LogP contribution in [-0.4, -0.2) is 31.2 Å². The van der Waals surface area contributed by atoms with E-state index >= 15 is 0 Å². The monoisotopic (exact) mass is 383 g/mol. The van der Waals surface area contributed by atoms with Gasteiger partial charge in [0.1, 0.15) is 17.9 Å². The van der Waals surface area contributed by atoms with Gasteiger partial charge in [-0.05, 0) is 67.4 Å². The van der Waals surface area contributed by atoms with Crippen molar-refractivity contribution >= 4 is 23.7 Å². The molecule has 0 fully saturated rings. The molecule has 0 spiro atoms. The molecule has 0 aliphatic carbocycles. The van der Waals surface area contributed by atoms with Gasteiger partial charge in [0.25, 0.3) is 0 Å². The van der Waals surface area contributed by atoms with E-state index in [4.69, 9.17) is 9.47 Å². The van der Waals surface area contributed by atoms with Crippen LogP contribution in [0, 0.1) is 0 Å². The number of anilines is 1. The average molecular weight is 383 g/mol. The summed E-state index contributed by atoms with van der Waals surface area (Å²) in [4.78, 5) is 23.7. The van der Waals surface area contributed by atoms with Crippen molar-refractivity contribution in [1.82, 2.24) is 5.43 Å². The Balaban J connectivity index is 1.75. The third-order valence-corrected chi connectivity index (χ3v) is 3.53. The molecule has 0 unspecified atom stereocenters. The predicted octanol–water partition coefficient (Wildman–Crippen LogP) is 3.35. The zero-order valence-electron chi connectivity index (χ0n) is 16.1. The van der Waals surface area contributed by atoms with E-state index in [2.05, 4.69) is 15.8 Å². The Morgan fingerprint density at radius 1 is 0.929 bits per heavy atom. The summed E-state index contributed by atoms with van der Waals surface area (Å²) in [5, 5.41) is 6.52. The van der Waals surface area contributed by atoms with Crippen LogP contribution in [0.1, 0.15) is 32.3 Å². The fraction of sp³-hybridized carbons (Fsp3) is 0.286. The molecule has 7 nitrogen and oxygen atoms in total. The third kappa shape index (κ3) is 7.49. The van der Waals surface area contributed by atoms with Crippen LogP contribution in [0.3, 0.4) is 0 Å². The summed E-state index contributed by atoms with van der Waals surface area (Å²) in [5.41, 5.74) is 3.74. The number of rotatable bonds is 10. The van der Waals surface area contributed by atoms with E-state index in [1.165, 1.54) is 6.21 Å². The van der Waals surface area contributed by atoms with Gasteiger partial charge in [-0.15, -0.1) is 0 Å². The van der Waals surface area contributed by atoms with Gasteiger partial charge in [0.2, 0.25) is 11.8 Å². The van der Waals surface area contributed by atoms with Gasteiger partial charge in [-0.2, -0.15) is 5.10 Å². The topological polar surface area (TPSA) is 89.0 Å². The molecule has 0 saturated carbocycles. The highest BCUT2D eigenvalue weighted by Crippen LogP contribution is 2.15. The summed E-state index contributed by atoms with van der Waals surface area (Å²) in [5.74, 6) is 0.586. The first kappa shape index (κ1) is 21.0. The minimum Gasteiger partial charge on any atom is -0.494 e. The van der Waals surface area contributed by atoms with Gasteiger partial charge in [-0.25, -0.2) is 5.43 Å². The van der Waals surface area contributed by atoms with Crippen LogP contribution in [0.25, 0.3) is 0 Å². The Morgan fingerprint density at radius 2 is 1.57 bits per heavy atom. The Labute approximate surface area is 164 Å². The van der Waals surface area contributed by atoms with Gasteiger partial charge < -0.3 is 14.8 Å². The molecule has 0 aliphatic heterocycles. The number of hydrogen-bond donors (Lipinski definition) is 2. The van der Waals surface area contributed by atoms with Crippen LogP contribution in [0.2, 0.25) is 0 Å². The summed E-state index contributed by atoms with van der Waals surface area (Å²) < 4.78 is 10.8. The number of ether oxygens (including phenoxy) is 2. The van der Waals surface area contributed by atoms with Gasteiger partial charge in [-0.3, -0.25) is 9.59 Å². The SMILES string of the molecule is CCCOc1ccc(C=NNC(=O)CC(=O)Nc2ccc(OCC)cc2)cc1. The summed E-state index contributed by atoms with van der Waals surface area (Å²) in [6.45, 7) is 5.18. The highest BCUT2D eigenvalue weighted by molar-refractivity contribution is 6.03. The van der Waals surface area contributed by atoms with Crippen LogP contribution >= 0.6 is 0 Å². The van der Waals surface area contributed by atoms with Gasteiger partial charge in [0, 0.05) is 5.69 Å². The molecule has 148 valence electrons. The summed E-state index contributed by atoms with van der Waals surface area (Å²) in [7, 11) is 0. The lowest BCUT2D eigenvalue weighted by Crippen LogP contribution is -2.24. The van der Waals surface area contributed by atoms with Crippen LogP contribution in [0.15, 0.2) is 53.6 Å². The quantitative estimate of drug-likeness (QED) is 0.374. The minimum atomic E-state index is -0.498. The van der Waals surface area contributed by atoms with Crippen molar-refractivity contribution in [2.75, 3.05) is 18.5 Å². The maximum atomic E-state index is 11.9. The summed E-state index contributed by atoms with van der Waals surface area (Å²) in [6.07, 6.45) is 2.13. The highest BCUT2D eigenvalue weighted by atomic mass is 16.5. The number of carbonyl (C=O) groups excluding carboxylic acids is 2. The number of hydrogen-bond acceptors (Lipinski definition) is 5. The molecule has 2 N–H and O–H groups in total. The van der Waals surface area contributed by atoms with Gasteiger partial charge in [-0.1, -0.05) is 6.92 Å². The van der Waals surface area contributed by atoms with Gasteiger partial charge >= 0.3 is 0 Å². The van der Waals surface area contributed by atoms with E-state index in [1.54, 1.807) is 24.3 Å². The largest absolute Gasteiger partial charge is 0.494 e. The first-order chi connectivity index (χ1) is 13.6. The Kier molecular flexibility index (Phi) is 8.52. The van der Waals surface area contributed by atoms with Crippen molar-refractivity contribution in [2.45, 2.75) is 26.7 Å². The first-order valence-corrected chi connectivity index (χ1v) is 9.18. The molecule has 2 rings (SSSR count). The Morgan fingerprint density at radius 3 is 2.21 bits per heavy atom. The standard InChI is InChI=1S/C21H25N3O4/c1-3-13-28-19-9-5-16(6-10-19)15-22-24-21(26)14-20(25)23-17-7-11-18(12-8-17)27-4-2/h5-12,15H,3-4,13-14H2,1-2H3,(H,23,25)(H,24,26). The molecular formula is C21H25N3O4. The van der Waals surface area contributed by atoms with E-state index in [-0.39, 0.29) is 6.42 Å². The smallest absolute Gasteiger partial charge is 0.249 e. The molecule has 0 radical (unpaired) electrons. The van der Waals surface area contributed by atoms with Crippen LogP contribution in [-0.2, 0) is 9.59 Å². The second-order valence-electron chi connectivity index (χ2n) is 5.89. The molecule has 0 aliphatic rings. The molecule has 28 heavy (non-hydrogen) atoms. The molecule has 0 aromatic heterocycles. The fourth-order valence-corrected chi connectivity index (χ4v) is 2.24. The van der Waals surface area contributed by atoms with Crippen molar-refractivity contribution in [1.29, 1.82) is 0 Å². The molecule has 0 heterocycles. The maximum Gasteiger partial charge on any atom is 0.249 e. The van der Waals surface area contributed by atoms with Crippen LogP contribution in [0.4, 0.5) is 5.69 Å². The third-order valence-electron chi connectivity index (χ3n) is 3.53. The number of carbonyl (C=O) groups is 2. The zero-order chi connectivity index (χ0) is 20.2. The van der Waals surface area contributed by atoms with Crippen molar-refractivity contribution in [3.63, 3.8) is 0 Å². The molecule has 2 aromatic rings. The summed E-state index contributed by atoms with van der Waals surface area (Å²) >= 11 is 0. The summed E-state index contributed by atoms with van der Waals surface area (Å²) in [6, 6.07) is 14.3. The lowest BCUT2D eigenvalue weighted by atomic mass is 10.2. The predicted molar refractivity (Wildman–Crippen MR) is 109 cm³/mol. The molecular weight excluding hydrogens is 358 g/mol. The second-order valence-corrected chi connectivity index (χ2v) is 5.89. The maximum absolute atomic E-state index is 11.9. The lowest BCUT2D eigenvalue weighted by Gasteiger charge is -2.06. The number of amides is 2. The number of benzene rings is 2. The molecule has 2 amide bonds. The first-order valence-electron chi connectivity index (χ1n) is 9.18. The van der Waals surface area contributed by atoms with E-state index in [0.717, 1.165) is 23.5 Å². The van der Waals surface area contributed by atoms with Crippen molar-refractivity contribution < 1.29 is 19.1 Å². The average Bonchev–Trinajstić information content (AvgIpc) is 2.69. The lowest BCUT2D eigenvalue weighted by molar-refractivity contribution is -0.126. The molecule has 0 bridgehead atoms. The van der Waals surface area contributed by atoms with E-state index < -0.39 is 11.8 Å². The normalized spacial score (nSPS) is 10.5. The molecule has 0 atom stereocenters. The van der Waals surface area contributed by atoms with Crippen molar-refractivity contribution in [3.05, 3.63) is 54.1 Å². The van der Waals surface area contributed by atoms with E-state index in [9.17, 15) is 9.59 Å². The Bertz CT molecular complexity index is 786. The fourth-order valence-electron chi connectivity index (χ4n) is 2.24. The molecule has 7 heteroatoms. The van der Waals surface area contributed by atoms with E-state index in [0.29, 0.717) is 18.9 Å². The Hall–Kier alpha value is -3.35. The second kappa shape index (κ2) is 11.4. The van der Waals surface area contributed by atoms with Crippen molar-refractivity contribution in [3.8, 4) is 11.5 Å².